The summed E-state index contributed by atoms with van der Waals surface area (Å²) in [5, 5.41) is 12.8. The Morgan fingerprint density at radius 2 is 2.00 bits per heavy atom. The van der Waals surface area contributed by atoms with Gasteiger partial charge >= 0.3 is 0 Å². The van der Waals surface area contributed by atoms with Crippen LogP contribution < -0.4 is 11.1 Å². The fourth-order valence-corrected chi connectivity index (χ4v) is 1.80. The fourth-order valence-electron chi connectivity index (χ4n) is 1.60. The van der Waals surface area contributed by atoms with E-state index in [2.05, 4.69) is 11.4 Å². The molecule has 0 aliphatic carbocycles. The lowest BCUT2D eigenvalue weighted by molar-refractivity contribution is 1.15. The summed E-state index contributed by atoms with van der Waals surface area (Å²) in [6, 6.07) is 15.0. The Hall–Kier alpha value is -2.18. The van der Waals surface area contributed by atoms with Crippen LogP contribution in [0.5, 0.6) is 0 Å². The van der Waals surface area contributed by atoms with Crippen LogP contribution in [-0.4, -0.2) is 0 Å². The van der Waals surface area contributed by atoms with E-state index in [1.807, 2.05) is 30.3 Å². The Morgan fingerprint density at radius 1 is 1.22 bits per heavy atom. The normalized spacial score (nSPS) is 9.78. The van der Waals surface area contributed by atoms with Gasteiger partial charge in [0.25, 0.3) is 0 Å². The van der Waals surface area contributed by atoms with Crippen molar-refractivity contribution in [2.45, 2.75) is 6.54 Å². The number of anilines is 2. The van der Waals surface area contributed by atoms with Crippen LogP contribution in [0.3, 0.4) is 0 Å². The van der Waals surface area contributed by atoms with Crippen molar-refractivity contribution in [3.05, 3.63) is 58.6 Å². The second-order valence-corrected chi connectivity index (χ2v) is 4.27. The predicted molar refractivity (Wildman–Crippen MR) is 74.3 cm³/mol. The van der Waals surface area contributed by atoms with Crippen LogP contribution in [0.25, 0.3) is 0 Å². The highest BCUT2D eigenvalue weighted by atomic mass is 35.5. The quantitative estimate of drug-likeness (QED) is 0.829. The van der Waals surface area contributed by atoms with Crippen molar-refractivity contribution in [1.82, 2.24) is 0 Å². The molecule has 3 nitrogen and oxygen atoms in total. The van der Waals surface area contributed by atoms with Crippen molar-refractivity contribution in [2.24, 2.45) is 0 Å². The average molecular weight is 258 g/mol. The topological polar surface area (TPSA) is 61.8 Å². The maximum absolute atomic E-state index is 8.89. The number of nitrogens with two attached hydrogens (primary N) is 1. The summed E-state index contributed by atoms with van der Waals surface area (Å²) in [6.45, 7) is 0.606. The molecular formula is C14H12ClN3. The zero-order chi connectivity index (χ0) is 13.0. The van der Waals surface area contributed by atoms with Gasteiger partial charge in [0.15, 0.2) is 0 Å². The molecule has 0 amide bonds. The number of hydrogen-bond donors (Lipinski definition) is 2. The molecular weight excluding hydrogens is 246 g/mol. The first-order valence-electron chi connectivity index (χ1n) is 5.47. The van der Waals surface area contributed by atoms with Crippen LogP contribution in [0.15, 0.2) is 42.5 Å². The molecule has 0 heterocycles. The standard InChI is InChI=1S/C14H12ClN3/c15-13-4-2-1-3-10(13)9-18-12-5-6-14(17)11(7-12)8-16/h1-7,18H,9,17H2. The van der Waals surface area contributed by atoms with Gasteiger partial charge in [-0.25, -0.2) is 0 Å². The van der Waals surface area contributed by atoms with Gasteiger partial charge in [-0.15, -0.1) is 0 Å². The van der Waals surface area contributed by atoms with Crippen molar-refractivity contribution < 1.29 is 0 Å². The highest BCUT2D eigenvalue weighted by Gasteiger charge is 2.02. The summed E-state index contributed by atoms with van der Waals surface area (Å²) >= 11 is 6.06. The third-order valence-corrected chi connectivity index (χ3v) is 2.98. The molecule has 0 unspecified atom stereocenters. The molecule has 2 aromatic rings. The summed E-state index contributed by atoms with van der Waals surface area (Å²) in [5.74, 6) is 0. The maximum atomic E-state index is 8.89. The molecule has 0 radical (unpaired) electrons. The molecule has 0 aromatic heterocycles. The van der Waals surface area contributed by atoms with E-state index in [9.17, 15) is 0 Å². The maximum Gasteiger partial charge on any atom is 0.101 e. The molecule has 0 aliphatic heterocycles. The van der Waals surface area contributed by atoms with E-state index >= 15 is 0 Å². The van der Waals surface area contributed by atoms with Crippen molar-refractivity contribution in [3.63, 3.8) is 0 Å². The highest BCUT2D eigenvalue weighted by Crippen LogP contribution is 2.20. The number of nitrogen functional groups attached to an aromatic ring is 1. The summed E-state index contributed by atoms with van der Waals surface area (Å²) in [6.07, 6.45) is 0. The van der Waals surface area contributed by atoms with Gasteiger partial charge in [0.05, 0.1) is 5.56 Å². The molecule has 0 spiro atoms. The highest BCUT2D eigenvalue weighted by molar-refractivity contribution is 6.31. The summed E-state index contributed by atoms with van der Waals surface area (Å²) < 4.78 is 0. The van der Waals surface area contributed by atoms with Crippen molar-refractivity contribution in [1.29, 1.82) is 5.26 Å². The van der Waals surface area contributed by atoms with Gasteiger partial charge in [0.2, 0.25) is 0 Å². The Labute approximate surface area is 111 Å². The monoisotopic (exact) mass is 257 g/mol. The van der Waals surface area contributed by atoms with E-state index in [-0.39, 0.29) is 0 Å². The van der Waals surface area contributed by atoms with Crippen LogP contribution in [0.1, 0.15) is 11.1 Å². The van der Waals surface area contributed by atoms with Crippen LogP contribution >= 0.6 is 11.6 Å². The number of nitriles is 1. The largest absolute Gasteiger partial charge is 0.398 e. The minimum Gasteiger partial charge on any atom is -0.398 e. The molecule has 2 rings (SSSR count). The lowest BCUT2D eigenvalue weighted by Crippen LogP contribution is -2.01. The zero-order valence-corrected chi connectivity index (χ0v) is 10.4. The molecule has 0 atom stereocenters. The zero-order valence-electron chi connectivity index (χ0n) is 9.65. The Bertz CT molecular complexity index is 602. The van der Waals surface area contributed by atoms with Crippen LogP contribution in [-0.2, 0) is 6.54 Å². The first kappa shape index (κ1) is 12.3. The number of hydrogen-bond acceptors (Lipinski definition) is 3. The first-order chi connectivity index (χ1) is 8.70. The van der Waals surface area contributed by atoms with Gasteiger partial charge in [0.1, 0.15) is 6.07 Å². The lowest BCUT2D eigenvalue weighted by Gasteiger charge is -2.09. The Balaban J connectivity index is 2.12. The van der Waals surface area contributed by atoms with E-state index < -0.39 is 0 Å². The van der Waals surface area contributed by atoms with Crippen LogP contribution in [0.4, 0.5) is 11.4 Å². The van der Waals surface area contributed by atoms with Crippen molar-refractivity contribution in [3.8, 4) is 6.07 Å². The second-order valence-electron chi connectivity index (χ2n) is 3.86. The SMILES string of the molecule is N#Cc1cc(NCc2ccccc2Cl)ccc1N. The van der Waals surface area contributed by atoms with Gasteiger partial charge in [-0.05, 0) is 29.8 Å². The lowest BCUT2D eigenvalue weighted by atomic mass is 10.1. The van der Waals surface area contributed by atoms with E-state index in [0.29, 0.717) is 17.8 Å². The summed E-state index contributed by atoms with van der Waals surface area (Å²) in [5.41, 5.74) is 8.47. The molecule has 3 N–H and O–H groups in total. The molecule has 2 aromatic carbocycles. The molecule has 0 saturated carbocycles. The van der Waals surface area contributed by atoms with Crippen LogP contribution in [0, 0.1) is 11.3 Å². The summed E-state index contributed by atoms with van der Waals surface area (Å²) in [7, 11) is 0. The predicted octanol–water partition coefficient (Wildman–Crippen LogP) is 3.41. The third kappa shape index (κ3) is 2.73. The minimum atomic E-state index is 0.471. The van der Waals surface area contributed by atoms with E-state index in [1.165, 1.54) is 0 Å². The van der Waals surface area contributed by atoms with Gasteiger partial charge < -0.3 is 11.1 Å². The fraction of sp³-hybridized carbons (Fsp3) is 0.0714. The summed E-state index contributed by atoms with van der Waals surface area (Å²) in [4.78, 5) is 0. The smallest absolute Gasteiger partial charge is 0.101 e. The molecule has 4 heteroatoms. The Kier molecular flexibility index (Phi) is 3.71. The Morgan fingerprint density at radius 3 is 2.72 bits per heavy atom. The van der Waals surface area contributed by atoms with Gasteiger partial charge in [-0.2, -0.15) is 5.26 Å². The number of nitrogens with zero attached hydrogens (tertiary/aromatic N) is 1. The molecule has 0 fully saturated rings. The van der Waals surface area contributed by atoms with Gasteiger partial charge in [0, 0.05) is 22.9 Å². The minimum absolute atomic E-state index is 0.471. The molecule has 18 heavy (non-hydrogen) atoms. The van der Waals surface area contributed by atoms with E-state index in [1.54, 1.807) is 12.1 Å². The number of rotatable bonds is 3. The number of halogens is 1. The van der Waals surface area contributed by atoms with E-state index in [4.69, 9.17) is 22.6 Å². The number of nitrogens with one attached hydrogen (secondary N) is 1. The first-order valence-corrected chi connectivity index (χ1v) is 5.85. The molecule has 90 valence electrons. The van der Waals surface area contributed by atoms with Gasteiger partial charge in [-0.1, -0.05) is 29.8 Å². The van der Waals surface area contributed by atoms with Crippen molar-refractivity contribution >= 4 is 23.0 Å². The number of benzene rings is 2. The van der Waals surface area contributed by atoms with Crippen LogP contribution in [0.2, 0.25) is 5.02 Å². The third-order valence-electron chi connectivity index (χ3n) is 2.61. The second kappa shape index (κ2) is 5.44. The van der Waals surface area contributed by atoms with E-state index in [0.717, 1.165) is 16.3 Å². The average Bonchev–Trinajstić information content (AvgIpc) is 2.39. The molecule has 0 saturated heterocycles. The molecule has 0 aliphatic rings. The van der Waals surface area contributed by atoms with Crippen molar-refractivity contribution in [2.75, 3.05) is 11.1 Å². The molecule has 0 bridgehead atoms. The van der Waals surface area contributed by atoms with Gasteiger partial charge in [-0.3, -0.25) is 0 Å².